The highest BCUT2D eigenvalue weighted by atomic mass is 32.2. The van der Waals surface area contributed by atoms with E-state index in [9.17, 15) is 21.6 Å². The van der Waals surface area contributed by atoms with E-state index < -0.39 is 20.2 Å². The second-order valence-corrected chi connectivity index (χ2v) is 6.53. The number of anilines is 2. The molecule has 0 aliphatic rings. The van der Waals surface area contributed by atoms with E-state index in [4.69, 9.17) is 5.41 Å². The summed E-state index contributed by atoms with van der Waals surface area (Å²) < 4.78 is 59.9. The Balaban J connectivity index is 2.25. The van der Waals surface area contributed by atoms with Crippen molar-refractivity contribution in [3.8, 4) is 0 Å². The molecule has 2 aromatic rings. The topological polar surface area (TPSA) is 98.7 Å². The highest BCUT2D eigenvalue weighted by molar-refractivity contribution is 7.92. The van der Waals surface area contributed by atoms with Crippen molar-refractivity contribution in [2.24, 2.45) is 0 Å². The lowest BCUT2D eigenvalue weighted by Gasteiger charge is -2.10. The molecule has 0 aliphatic carbocycles. The Morgan fingerprint density at radius 1 is 1.30 bits per heavy atom. The molecule has 0 fully saturated rings. The normalized spacial score (nSPS) is 12.2. The fraction of sp³-hybridized carbons (Fsp3) is 0.231. The van der Waals surface area contributed by atoms with Crippen LogP contribution in [0.2, 0.25) is 0 Å². The van der Waals surface area contributed by atoms with E-state index in [0.29, 0.717) is 29.2 Å². The van der Waals surface area contributed by atoms with Crippen LogP contribution in [0.4, 0.5) is 24.7 Å². The quantitative estimate of drug-likeness (QED) is 0.724. The summed E-state index contributed by atoms with van der Waals surface area (Å²) in [6.07, 6.45) is 1.94. The standard InChI is InChI=1S/C13H13F3N4O2S/c1-2-11(17)10-7-18-20-12(10)19-8-3-5-9(6-4-8)23(21,22)13(14,15)16/h3-7,17H,2H2,1H3,(H2,18,19,20). The van der Waals surface area contributed by atoms with Crippen LogP contribution in [0.5, 0.6) is 0 Å². The molecule has 6 nitrogen and oxygen atoms in total. The van der Waals surface area contributed by atoms with Crippen LogP contribution >= 0.6 is 0 Å². The van der Waals surface area contributed by atoms with Gasteiger partial charge >= 0.3 is 5.51 Å². The molecule has 2 rings (SSSR count). The van der Waals surface area contributed by atoms with E-state index in [0.717, 1.165) is 12.1 Å². The van der Waals surface area contributed by atoms with Crippen molar-refractivity contribution in [2.45, 2.75) is 23.7 Å². The molecular formula is C13H13F3N4O2S. The maximum absolute atomic E-state index is 12.5. The molecule has 0 aliphatic heterocycles. The van der Waals surface area contributed by atoms with E-state index >= 15 is 0 Å². The van der Waals surface area contributed by atoms with Gasteiger partial charge in [-0.05, 0) is 30.7 Å². The fourth-order valence-corrected chi connectivity index (χ4v) is 2.56. The van der Waals surface area contributed by atoms with Gasteiger partial charge in [-0.25, -0.2) is 8.42 Å². The van der Waals surface area contributed by atoms with Gasteiger partial charge in [0.15, 0.2) is 0 Å². The van der Waals surface area contributed by atoms with E-state index in [2.05, 4.69) is 15.5 Å². The maximum Gasteiger partial charge on any atom is 0.501 e. The Morgan fingerprint density at radius 3 is 2.43 bits per heavy atom. The molecule has 10 heteroatoms. The average molecular weight is 346 g/mol. The summed E-state index contributed by atoms with van der Waals surface area (Å²) in [5.41, 5.74) is -4.12. The van der Waals surface area contributed by atoms with Crippen LogP contribution in [0.3, 0.4) is 0 Å². The molecule has 0 radical (unpaired) electrons. The van der Waals surface area contributed by atoms with Gasteiger partial charge in [-0.2, -0.15) is 18.3 Å². The van der Waals surface area contributed by atoms with Crippen molar-refractivity contribution in [1.29, 1.82) is 5.41 Å². The molecular weight excluding hydrogens is 333 g/mol. The number of alkyl halides is 3. The molecule has 0 bridgehead atoms. The fourth-order valence-electron chi connectivity index (χ4n) is 1.80. The predicted octanol–water partition coefficient (Wildman–Crippen LogP) is 3.22. The lowest BCUT2D eigenvalue weighted by atomic mass is 10.1. The highest BCUT2D eigenvalue weighted by Gasteiger charge is 2.46. The minimum atomic E-state index is -5.36. The van der Waals surface area contributed by atoms with Crippen molar-refractivity contribution < 1.29 is 21.6 Å². The molecule has 3 N–H and O–H groups in total. The smallest absolute Gasteiger partial charge is 0.340 e. The van der Waals surface area contributed by atoms with E-state index in [1.807, 2.05) is 0 Å². The highest BCUT2D eigenvalue weighted by Crippen LogP contribution is 2.31. The molecule has 0 saturated carbocycles. The predicted molar refractivity (Wildman–Crippen MR) is 78.7 cm³/mol. The summed E-state index contributed by atoms with van der Waals surface area (Å²) in [5.74, 6) is 0.406. The van der Waals surface area contributed by atoms with Gasteiger partial charge in [0.25, 0.3) is 9.84 Å². The van der Waals surface area contributed by atoms with Gasteiger partial charge in [-0.3, -0.25) is 5.10 Å². The van der Waals surface area contributed by atoms with Crippen molar-refractivity contribution >= 4 is 27.1 Å². The lowest BCUT2D eigenvalue weighted by molar-refractivity contribution is -0.0436. The second kappa shape index (κ2) is 6.03. The molecule has 1 aromatic heterocycles. The van der Waals surface area contributed by atoms with Gasteiger partial charge in [0.1, 0.15) is 5.82 Å². The molecule has 1 aromatic carbocycles. The van der Waals surface area contributed by atoms with Crippen LogP contribution in [0, 0.1) is 5.41 Å². The van der Waals surface area contributed by atoms with Gasteiger partial charge in [-0.1, -0.05) is 6.92 Å². The Hall–Kier alpha value is -2.36. The molecule has 0 unspecified atom stereocenters. The number of aromatic nitrogens is 2. The first kappa shape index (κ1) is 17.0. The van der Waals surface area contributed by atoms with Crippen LogP contribution in [0.25, 0.3) is 0 Å². The third kappa shape index (κ3) is 3.36. The Labute approximate surface area is 130 Å². The summed E-state index contributed by atoms with van der Waals surface area (Å²) in [6, 6.07) is 4.15. The molecule has 0 atom stereocenters. The van der Waals surface area contributed by atoms with Crippen molar-refractivity contribution in [2.75, 3.05) is 5.32 Å². The van der Waals surface area contributed by atoms with E-state index in [1.165, 1.54) is 18.3 Å². The summed E-state index contributed by atoms with van der Waals surface area (Å²) in [6.45, 7) is 1.80. The summed E-state index contributed by atoms with van der Waals surface area (Å²) >= 11 is 0. The van der Waals surface area contributed by atoms with Crippen LogP contribution in [0.15, 0.2) is 35.4 Å². The maximum atomic E-state index is 12.5. The number of hydrogen-bond donors (Lipinski definition) is 3. The SMILES string of the molecule is CCC(=N)c1cn[nH]c1Nc1ccc(S(=O)(=O)C(F)(F)F)cc1. The third-order valence-electron chi connectivity index (χ3n) is 3.06. The lowest BCUT2D eigenvalue weighted by Crippen LogP contribution is -2.23. The van der Waals surface area contributed by atoms with Gasteiger partial charge in [0.2, 0.25) is 0 Å². The number of nitrogens with zero attached hydrogens (tertiary/aromatic N) is 1. The first-order valence-corrected chi connectivity index (χ1v) is 7.94. The summed E-state index contributed by atoms with van der Waals surface area (Å²) in [7, 11) is -5.36. The minimum Gasteiger partial charge on any atom is -0.340 e. The Kier molecular flexibility index (Phi) is 4.46. The summed E-state index contributed by atoms with van der Waals surface area (Å²) in [5, 5.41) is 17.1. The van der Waals surface area contributed by atoms with Crippen molar-refractivity contribution in [1.82, 2.24) is 10.2 Å². The molecule has 23 heavy (non-hydrogen) atoms. The van der Waals surface area contributed by atoms with Gasteiger partial charge in [0, 0.05) is 11.4 Å². The zero-order valence-electron chi connectivity index (χ0n) is 11.9. The number of H-pyrrole nitrogens is 1. The molecule has 124 valence electrons. The zero-order chi connectivity index (χ0) is 17.3. The third-order valence-corrected chi connectivity index (χ3v) is 4.56. The van der Waals surface area contributed by atoms with Crippen LogP contribution in [-0.4, -0.2) is 29.8 Å². The minimum absolute atomic E-state index is 0.331. The largest absolute Gasteiger partial charge is 0.501 e. The van der Waals surface area contributed by atoms with Crippen molar-refractivity contribution in [3.05, 3.63) is 36.0 Å². The Bertz CT molecular complexity index is 810. The van der Waals surface area contributed by atoms with E-state index in [-0.39, 0.29) is 0 Å². The summed E-state index contributed by atoms with van der Waals surface area (Å²) in [4.78, 5) is -0.832. The van der Waals surface area contributed by atoms with Crippen molar-refractivity contribution in [3.63, 3.8) is 0 Å². The number of rotatable bonds is 5. The number of halogens is 3. The number of sulfone groups is 1. The van der Waals surface area contributed by atoms with Crippen LogP contribution in [0.1, 0.15) is 18.9 Å². The number of hydrogen-bond acceptors (Lipinski definition) is 5. The van der Waals surface area contributed by atoms with Crippen LogP contribution < -0.4 is 5.32 Å². The zero-order valence-corrected chi connectivity index (χ0v) is 12.7. The average Bonchev–Trinajstić information content (AvgIpc) is 2.94. The molecule has 0 spiro atoms. The number of nitrogens with one attached hydrogen (secondary N) is 3. The first-order valence-electron chi connectivity index (χ1n) is 6.46. The Morgan fingerprint density at radius 2 is 1.91 bits per heavy atom. The second-order valence-electron chi connectivity index (χ2n) is 4.59. The monoisotopic (exact) mass is 346 g/mol. The van der Waals surface area contributed by atoms with E-state index in [1.54, 1.807) is 6.92 Å². The number of aromatic amines is 1. The first-order chi connectivity index (χ1) is 10.7. The molecule has 0 amide bonds. The molecule has 1 heterocycles. The van der Waals surface area contributed by atoms with Gasteiger partial charge < -0.3 is 10.7 Å². The van der Waals surface area contributed by atoms with Crippen LogP contribution in [-0.2, 0) is 9.84 Å². The number of benzene rings is 1. The molecule has 0 saturated heterocycles. The van der Waals surface area contributed by atoms with Gasteiger partial charge in [0.05, 0.1) is 16.7 Å². The van der Waals surface area contributed by atoms with Gasteiger partial charge in [-0.15, -0.1) is 0 Å².